The van der Waals surface area contributed by atoms with Gasteiger partial charge in [0.2, 0.25) is 0 Å². The number of carbonyl (C=O) groups excluding carboxylic acids is 1. The van der Waals surface area contributed by atoms with Crippen LogP contribution in [0.1, 0.15) is 40.1 Å². The fourth-order valence-electron chi connectivity index (χ4n) is 3.79. The molecule has 0 bridgehead atoms. The molecule has 2 aromatic carbocycles. The summed E-state index contributed by atoms with van der Waals surface area (Å²) in [7, 11) is 2.93. The number of carbonyl (C=O) groups is 1. The molecule has 1 aliphatic heterocycles. The highest BCUT2D eigenvalue weighted by Gasteiger charge is 2.46. The number of amides is 1. The van der Waals surface area contributed by atoms with Crippen LogP contribution in [-0.2, 0) is 0 Å². The highest BCUT2D eigenvalue weighted by atomic mass is 19.4. The van der Waals surface area contributed by atoms with Crippen molar-refractivity contribution in [1.29, 1.82) is 0 Å². The molecule has 4 rings (SSSR count). The number of methoxy groups -OCH3 is 2. The van der Waals surface area contributed by atoms with E-state index >= 15 is 0 Å². The van der Waals surface area contributed by atoms with Crippen LogP contribution in [0, 0.1) is 6.92 Å². The Hall–Kier alpha value is -3.69. The maximum absolute atomic E-state index is 13.9. The zero-order chi connectivity index (χ0) is 23.8. The van der Waals surface area contributed by atoms with Gasteiger partial charge in [0.25, 0.3) is 5.91 Å². The molecule has 2 heterocycles. The van der Waals surface area contributed by atoms with Crippen molar-refractivity contribution in [3.8, 4) is 11.5 Å². The lowest BCUT2D eigenvalue weighted by Gasteiger charge is -2.33. The average Bonchev–Trinajstić information content (AvgIpc) is 3.22. The fourth-order valence-corrected chi connectivity index (χ4v) is 3.79. The molecule has 174 valence electrons. The van der Waals surface area contributed by atoms with Crippen molar-refractivity contribution in [2.45, 2.75) is 31.6 Å². The number of nitrogens with zero attached hydrogens (tertiary/aromatic N) is 2. The molecular weight excluding hydrogens is 437 g/mol. The Morgan fingerprint density at radius 2 is 1.85 bits per heavy atom. The van der Waals surface area contributed by atoms with Crippen molar-refractivity contribution in [3.05, 3.63) is 65.4 Å². The van der Waals surface area contributed by atoms with Gasteiger partial charge in [-0.05, 0) is 24.6 Å². The average molecular weight is 460 g/mol. The van der Waals surface area contributed by atoms with E-state index in [0.717, 1.165) is 15.8 Å². The molecule has 0 spiro atoms. The van der Waals surface area contributed by atoms with Gasteiger partial charge in [-0.3, -0.25) is 4.79 Å². The van der Waals surface area contributed by atoms with E-state index in [0.29, 0.717) is 17.2 Å². The number of alkyl halides is 3. The summed E-state index contributed by atoms with van der Waals surface area (Å²) in [6.07, 6.45) is -4.77. The van der Waals surface area contributed by atoms with Gasteiger partial charge in [-0.2, -0.15) is 18.3 Å². The van der Waals surface area contributed by atoms with Crippen LogP contribution in [0.2, 0.25) is 0 Å². The largest absolute Gasteiger partial charge is 0.497 e. The monoisotopic (exact) mass is 460 g/mol. The van der Waals surface area contributed by atoms with Gasteiger partial charge in [0.05, 0.1) is 25.9 Å². The van der Waals surface area contributed by atoms with Crippen LogP contribution < -0.4 is 20.1 Å². The number of aromatic nitrogens is 2. The zero-order valence-corrected chi connectivity index (χ0v) is 18.2. The molecule has 1 aliphatic rings. The van der Waals surface area contributed by atoms with E-state index in [1.165, 1.54) is 20.3 Å². The van der Waals surface area contributed by atoms with Crippen molar-refractivity contribution >= 4 is 17.4 Å². The normalized spacial score (nSPS) is 17.6. The number of benzene rings is 2. The first-order valence-corrected chi connectivity index (χ1v) is 10.2. The lowest BCUT2D eigenvalue weighted by molar-refractivity contribution is -0.173. The van der Waals surface area contributed by atoms with Crippen LogP contribution in [0.3, 0.4) is 0 Å². The Morgan fingerprint density at radius 3 is 2.48 bits per heavy atom. The van der Waals surface area contributed by atoms with Gasteiger partial charge in [-0.25, -0.2) is 4.68 Å². The summed E-state index contributed by atoms with van der Waals surface area (Å²) in [6, 6.07) is 11.0. The van der Waals surface area contributed by atoms with Gasteiger partial charge < -0.3 is 20.1 Å². The van der Waals surface area contributed by atoms with E-state index in [-0.39, 0.29) is 17.9 Å². The third-order valence-corrected chi connectivity index (χ3v) is 5.56. The number of hydrogen-bond acceptors (Lipinski definition) is 5. The number of anilines is 2. The molecule has 33 heavy (non-hydrogen) atoms. The molecule has 1 amide bonds. The molecule has 7 nitrogen and oxygen atoms in total. The third-order valence-electron chi connectivity index (χ3n) is 5.56. The van der Waals surface area contributed by atoms with E-state index < -0.39 is 24.2 Å². The number of ether oxygens (including phenoxy) is 2. The standard InChI is InChI=1S/C23H23F3N4O3/c1-13-4-6-14(7-5-13)17-11-20(23(24,25)26)30-21(27-17)12-18(29-30)22(31)28-16-9-8-15(32-2)10-19(16)33-3/h4-10,12,17,20,27H,11H2,1-3H3,(H,28,31). The van der Waals surface area contributed by atoms with Gasteiger partial charge >= 0.3 is 6.18 Å². The molecular formula is C23H23F3N4O3. The van der Waals surface area contributed by atoms with Crippen molar-refractivity contribution < 1.29 is 27.4 Å². The number of fused-ring (bicyclic) bond motifs is 1. The summed E-state index contributed by atoms with van der Waals surface area (Å²) in [5.74, 6) is 0.343. The molecule has 10 heteroatoms. The Kier molecular flexibility index (Phi) is 5.92. The fraction of sp³-hybridized carbons (Fsp3) is 0.304. The van der Waals surface area contributed by atoms with Crippen LogP contribution in [0.15, 0.2) is 48.5 Å². The maximum Gasteiger partial charge on any atom is 0.410 e. The minimum atomic E-state index is -4.53. The summed E-state index contributed by atoms with van der Waals surface area (Å²) in [6.45, 7) is 1.91. The molecule has 1 aromatic heterocycles. The highest BCUT2D eigenvalue weighted by Crippen LogP contribution is 2.43. The summed E-state index contributed by atoms with van der Waals surface area (Å²) in [5.41, 5.74) is 1.94. The Balaban J connectivity index is 1.63. The van der Waals surface area contributed by atoms with Gasteiger partial charge in [0.15, 0.2) is 11.7 Å². The van der Waals surface area contributed by atoms with Crippen molar-refractivity contribution in [2.75, 3.05) is 24.9 Å². The first kappa shape index (κ1) is 22.5. The van der Waals surface area contributed by atoms with Crippen LogP contribution >= 0.6 is 0 Å². The van der Waals surface area contributed by atoms with E-state index in [9.17, 15) is 18.0 Å². The topological polar surface area (TPSA) is 77.4 Å². The molecule has 2 N–H and O–H groups in total. The number of aryl methyl sites for hydroxylation is 1. The van der Waals surface area contributed by atoms with E-state index in [2.05, 4.69) is 15.7 Å². The predicted octanol–water partition coefficient (Wildman–Crippen LogP) is 5.12. The molecule has 0 aliphatic carbocycles. The summed E-state index contributed by atoms with van der Waals surface area (Å²) in [4.78, 5) is 12.8. The van der Waals surface area contributed by atoms with Gasteiger partial charge in [-0.1, -0.05) is 29.8 Å². The summed E-state index contributed by atoms with van der Waals surface area (Å²) >= 11 is 0. The van der Waals surface area contributed by atoms with Crippen molar-refractivity contribution in [1.82, 2.24) is 9.78 Å². The number of halogens is 3. The summed E-state index contributed by atoms with van der Waals surface area (Å²) < 4.78 is 52.9. The molecule has 3 aromatic rings. The second kappa shape index (κ2) is 8.68. The number of hydrogen-bond donors (Lipinski definition) is 2. The molecule has 0 saturated heterocycles. The van der Waals surface area contributed by atoms with Crippen molar-refractivity contribution in [3.63, 3.8) is 0 Å². The van der Waals surface area contributed by atoms with Gasteiger partial charge in [-0.15, -0.1) is 0 Å². The van der Waals surface area contributed by atoms with E-state index in [1.807, 2.05) is 19.1 Å². The Morgan fingerprint density at radius 1 is 1.12 bits per heavy atom. The zero-order valence-electron chi connectivity index (χ0n) is 18.2. The number of nitrogens with one attached hydrogen (secondary N) is 2. The first-order chi connectivity index (χ1) is 15.7. The third kappa shape index (κ3) is 4.59. The Bertz CT molecular complexity index is 1160. The number of rotatable bonds is 5. The van der Waals surface area contributed by atoms with Crippen LogP contribution in [-0.4, -0.2) is 36.1 Å². The smallest absolute Gasteiger partial charge is 0.410 e. The SMILES string of the molecule is COc1ccc(NC(=O)c2cc3n(n2)C(C(F)(F)F)CC(c2ccc(C)cc2)N3)c(OC)c1. The van der Waals surface area contributed by atoms with E-state index in [1.54, 1.807) is 30.3 Å². The lowest BCUT2D eigenvalue weighted by Crippen LogP contribution is -2.35. The summed E-state index contributed by atoms with van der Waals surface area (Å²) in [5, 5.41) is 9.71. The molecule has 0 radical (unpaired) electrons. The van der Waals surface area contributed by atoms with Crippen LogP contribution in [0.5, 0.6) is 11.5 Å². The van der Waals surface area contributed by atoms with Gasteiger partial charge in [0, 0.05) is 18.6 Å². The maximum atomic E-state index is 13.9. The first-order valence-electron chi connectivity index (χ1n) is 10.2. The minimum absolute atomic E-state index is 0.126. The van der Waals surface area contributed by atoms with Crippen LogP contribution in [0.25, 0.3) is 0 Å². The Labute approximate surface area is 188 Å². The second-order valence-corrected chi connectivity index (χ2v) is 7.78. The lowest BCUT2D eigenvalue weighted by atomic mass is 9.96. The molecule has 0 saturated carbocycles. The molecule has 2 unspecified atom stereocenters. The van der Waals surface area contributed by atoms with E-state index in [4.69, 9.17) is 9.47 Å². The minimum Gasteiger partial charge on any atom is -0.497 e. The van der Waals surface area contributed by atoms with Crippen LogP contribution in [0.4, 0.5) is 24.7 Å². The molecule has 2 atom stereocenters. The second-order valence-electron chi connectivity index (χ2n) is 7.78. The predicted molar refractivity (Wildman–Crippen MR) is 117 cm³/mol. The van der Waals surface area contributed by atoms with Gasteiger partial charge in [0.1, 0.15) is 17.3 Å². The van der Waals surface area contributed by atoms with Crippen molar-refractivity contribution in [2.24, 2.45) is 0 Å². The highest BCUT2D eigenvalue weighted by molar-refractivity contribution is 6.04. The molecule has 0 fully saturated rings. The quantitative estimate of drug-likeness (QED) is 0.553.